The first-order chi connectivity index (χ1) is 8.84. The molecule has 4 nitrogen and oxygen atoms in total. The Morgan fingerprint density at radius 1 is 1.22 bits per heavy atom. The first kappa shape index (κ1) is 11.9. The molecule has 1 N–H and O–H groups in total. The summed E-state index contributed by atoms with van der Waals surface area (Å²) in [6, 6.07) is 4.02. The Labute approximate surface area is 115 Å². The van der Waals surface area contributed by atoms with Gasteiger partial charge in [0.15, 0.2) is 0 Å². The van der Waals surface area contributed by atoms with E-state index in [-0.39, 0.29) is 0 Å². The fraction of sp³-hybridized carbons (Fsp3) is 0.385. The third-order valence-electron chi connectivity index (χ3n) is 3.38. The molecule has 1 aliphatic heterocycles. The minimum absolute atomic E-state index is 0.583. The zero-order valence-corrected chi connectivity index (χ0v) is 11.6. The second kappa shape index (κ2) is 5.20. The summed E-state index contributed by atoms with van der Waals surface area (Å²) in [5.74, 6) is 1.52. The normalized spacial score (nSPS) is 16.9. The van der Waals surface area contributed by atoms with Gasteiger partial charge in [-0.15, -0.1) is 0 Å². The largest absolute Gasteiger partial charge is 0.317 e. The quantitative estimate of drug-likeness (QED) is 0.927. The highest BCUT2D eigenvalue weighted by atomic mass is 79.9. The van der Waals surface area contributed by atoms with Crippen molar-refractivity contribution < 1.29 is 0 Å². The molecular formula is C13H15BrN4. The van der Waals surface area contributed by atoms with Crippen molar-refractivity contribution in [2.45, 2.75) is 18.8 Å². The van der Waals surface area contributed by atoms with Gasteiger partial charge in [0.1, 0.15) is 12.1 Å². The number of nitrogens with zero attached hydrogens (tertiary/aromatic N) is 3. The standard InChI is InChI=1S/C13H15BrN4/c14-11-1-2-13(17-7-11)18-9-16-8-12(18)10-3-5-15-6-4-10/h1-2,7-10,15H,3-6H2. The van der Waals surface area contributed by atoms with Gasteiger partial charge in [0.25, 0.3) is 0 Å². The highest BCUT2D eigenvalue weighted by molar-refractivity contribution is 9.10. The van der Waals surface area contributed by atoms with E-state index in [0.29, 0.717) is 5.92 Å². The predicted octanol–water partition coefficient (Wildman–Crippen LogP) is 2.50. The van der Waals surface area contributed by atoms with Crippen molar-refractivity contribution in [3.05, 3.63) is 41.0 Å². The molecule has 0 saturated carbocycles. The van der Waals surface area contributed by atoms with Gasteiger partial charge in [-0.25, -0.2) is 9.97 Å². The Morgan fingerprint density at radius 2 is 2.06 bits per heavy atom. The van der Waals surface area contributed by atoms with E-state index < -0.39 is 0 Å². The van der Waals surface area contributed by atoms with E-state index in [9.17, 15) is 0 Å². The van der Waals surface area contributed by atoms with E-state index in [4.69, 9.17) is 0 Å². The van der Waals surface area contributed by atoms with Crippen molar-refractivity contribution >= 4 is 15.9 Å². The molecule has 94 valence electrons. The van der Waals surface area contributed by atoms with E-state index in [2.05, 4.69) is 35.8 Å². The van der Waals surface area contributed by atoms with Crippen molar-refractivity contribution in [3.63, 3.8) is 0 Å². The summed E-state index contributed by atoms with van der Waals surface area (Å²) in [6.07, 6.45) is 7.99. The molecule has 1 saturated heterocycles. The van der Waals surface area contributed by atoms with E-state index in [0.717, 1.165) is 23.4 Å². The fourth-order valence-electron chi connectivity index (χ4n) is 2.43. The molecule has 0 spiro atoms. The van der Waals surface area contributed by atoms with Crippen LogP contribution in [0.1, 0.15) is 24.5 Å². The Hall–Kier alpha value is -1.20. The fourth-order valence-corrected chi connectivity index (χ4v) is 2.66. The molecule has 18 heavy (non-hydrogen) atoms. The van der Waals surface area contributed by atoms with Crippen molar-refractivity contribution in [2.75, 3.05) is 13.1 Å². The van der Waals surface area contributed by atoms with Crippen molar-refractivity contribution in [3.8, 4) is 5.82 Å². The van der Waals surface area contributed by atoms with Crippen LogP contribution in [0.4, 0.5) is 0 Å². The lowest BCUT2D eigenvalue weighted by atomic mass is 9.95. The average molecular weight is 307 g/mol. The predicted molar refractivity (Wildman–Crippen MR) is 73.9 cm³/mol. The SMILES string of the molecule is Brc1ccc(-n2cncc2C2CCNCC2)nc1. The number of halogens is 1. The highest BCUT2D eigenvalue weighted by Crippen LogP contribution is 2.26. The number of hydrogen-bond donors (Lipinski definition) is 1. The van der Waals surface area contributed by atoms with Crippen LogP contribution in [0.3, 0.4) is 0 Å². The van der Waals surface area contributed by atoms with Crippen molar-refractivity contribution in [1.29, 1.82) is 0 Å². The molecule has 2 aromatic heterocycles. The summed E-state index contributed by atoms with van der Waals surface area (Å²) >= 11 is 3.41. The maximum absolute atomic E-state index is 4.44. The van der Waals surface area contributed by atoms with Gasteiger partial charge >= 0.3 is 0 Å². The maximum atomic E-state index is 4.44. The Balaban J connectivity index is 1.93. The topological polar surface area (TPSA) is 42.7 Å². The molecule has 3 heterocycles. The van der Waals surface area contributed by atoms with Gasteiger partial charge in [0, 0.05) is 28.5 Å². The number of hydrogen-bond acceptors (Lipinski definition) is 3. The molecule has 5 heteroatoms. The van der Waals surface area contributed by atoms with Gasteiger partial charge in [-0.1, -0.05) is 0 Å². The number of nitrogens with one attached hydrogen (secondary N) is 1. The Morgan fingerprint density at radius 3 is 2.78 bits per heavy atom. The molecule has 0 atom stereocenters. The van der Waals surface area contributed by atoms with Crippen LogP contribution >= 0.6 is 15.9 Å². The van der Waals surface area contributed by atoms with Crippen LogP contribution < -0.4 is 5.32 Å². The summed E-state index contributed by atoms with van der Waals surface area (Å²) in [5.41, 5.74) is 1.27. The molecule has 0 radical (unpaired) electrons. The molecule has 0 aliphatic carbocycles. The van der Waals surface area contributed by atoms with Gasteiger partial charge in [0.2, 0.25) is 0 Å². The van der Waals surface area contributed by atoms with E-state index >= 15 is 0 Å². The molecule has 1 fully saturated rings. The zero-order valence-electron chi connectivity index (χ0n) is 10.0. The molecule has 2 aromatic rings. The second-order valence-corrected chi connectivity index (χ2v) is 5.46. The number of imidazole rings is 1. The van der Waals surface area contributed by atoms with Crippen LogP contribution in [0.15, 0.2) is 35.3 Å². The van der Waals surface area contributed by atoms with Crippen LogP contribution in [0, 0.1) is 0 Å². The Bertz CT molecular complexity index is 514. The van der Waals surface area contributed by atoms with Gasteiger partial charge in [-0.2, -0.15) is 0 Å². The average Bonchev–Trinajstić information content (AvgIpc) is 2.90. The summed E-state index contributed by atoms with van der Waals surface area (Å²) in [5, 5.41) is 3.39. The summed E-state index contributed by atoms with van der Waals surface area (Å²) in [6.45, 7) is 2.17. The van der Waals surface area contributed by atoms with Crippen LogP contribution in [-0.4, -0.2) is 27.6 Å². The highest BCUT2D eigenvalue weighted by Gasteiger charge is 2.19. The molecule has 3 rings (SSSR count). The number of rotatable bonds is 2. The van der Waals surface area contributed by atoms with Gasteiger partial charge in [-0.05, 0) is 54.0 Å². The maximum Gasteiger partial charge on any atom is 0.138 e. The monoisotopic (exact) mass is 306 g/mol. The lowest BCUT2D eigenvalue weighted by Crippen LogP contribution is -2.27. The second-order valence-electron chi connectivity index (χ2n) is 4.55. The van der Waals surface area contributed by atoms with Gasteiger partial charge in [-0.3, -0.25) is 4.57 Å². The molecular weight excluding hydrogens is 292 g/mol. The van der Waals surface area contributed by atoms with Gasteiger partial charge in [0.05, 0.1) is 0 Å². The minimum atomic E-state index is 0.583. The molecule has 0 unspecified atom stereocenters. The van der Waals surface area contributed by atoms with Crippen molar-refractivity contribution in [2.24, 2.45) is 0 Å². The van der Waals surface area contributed by atoms with Crippen LogP contribution in [0.2, 0.25) is 0 Å². The number of aromatic nitrogens is 3. The Kier molecular flexibility index (Phi) is 3.43. The molecule has 1 aliphatic rings. The third kappa shape index (κ3) is 2.33. The summed E-state index contributed by atoms with van der Waals surface area (Å²) < 4.78 is 3.09. The number of piperidine rings is 1. The van der Waals surface area contributed by atoms with Gasteiger partial charge < -0.3 is 5.32 Å². The molecule has 0 amide bonds. The van der Waals surface area contributed by atoms with E-state index in [1.165, 1.54) is 18.5 Å². The third-order valence-corrected chi connectivity index (χ3v) is 3.85. The van der Waals surface area contributed by atoms with E-state index in [1.807, 2.05) is 30.9 Å². The van der Waals surface area contributed by atoms with Crippen LogP contribution in [0.5, 0.6) is 0 Å². The zero-order chi connectivity index (χ0) is 12.4. The van der Waals surface area contributed by atoms with Crippen LogP contribution in [0.25, 0.3) is 5.82 Å². The molecule has 0 aromatic carbocycles. The smallest absolute Gasteiger partial charge is 0.138 e. The molecule has 0 bridgehead atoms. The summed E-state index contributed by atoms with van der Waals surface area (Å²) in [4.78, 5) is 8.72. The van der Waals surface area contributed by atoms with E-state index in [1.54, 1.807) is 0 Å². The van der Waals surface area contributed by atoms with Crippen molar-refractivity contribution in [1.82, 2.24) is 19.9 Å². The van der Waals surface area contributed by atoms with Crippen LogP contribution in [-0.2, 0) is 0 Å². The minimum Gasteiger partial charge on any atom is -0.317 e. The first-order valence-electron chi connectivity index (χ1n) is 6.19. The number of pyridine rings is 1. The summed E-state index contributed by atoms with van der Waals surface area (Å²) in [7, 11) is 0. The lowest BCUT2D eigenvalue weighted by molar-refractivity contribution is 0.449. The first-order valence-corrected chi connectivity index (χ1v) is 6.99. The lowest BCUT2D eigenvalue weighted by Gasteiger charge is -2.23.